The van der Waals surface area contributed by atoms with Crippen molar-refractivity contribution in [1.29, 1.82) is 0 Å². The molecule has 0 aliphatic heterocycles. The molecule has 0 aromatic heterocycles. The molecule has 0 N–H and O–H groups in total. The molecule has 0 saturated carbocycles. The maximum absolute atomic E-state index is 13.4. The largest absolute Gasteiger partial charge is 0.488 e. The Morgan fingerprint density at radius 2 is 1.69 bits per heavy atom. The molecule has 0 bridgehead atoms. The lowest BCUT2D eigenvalue weighted by atomic mass is 9.99. The second-order valence-electron chi connectivity index (χ2n) is 5.44. The lowest BCUT2D eigenvalue weighted by Gasteiger charge is -2.17. The van der Waals surface area contributed by atoms with E-state index < -0.39 is 29.2 Å². The number of halogens is 3. The zero-order valence-corrected chi connectivity index (χ0v) is 14.2. The first-order valence-corrected chi connectivity index (χ1v) is 7.84. The highest BCUT2D eigenvalue weighted by Crippen LogP contribution is 2.38. The van der Waals surface area contributed by atoms with E-state index in [1.807, 2.05) is 0 Å². The van der Waals surface area contributed by atoms with Crippen LogP contribution >= 0.6 is 0 Å². The van der Waals surface area contributed by atoms with Gasteiger partial charge >= 0.3 is 12.1 Å². The Bertz CT molecular complexity index is 798. The van der Waals surface area contributed by atoms with Crippen LogP contribution in [0.5, 0.6) is 5.75 Å². The summed E-state index contributed by atoms with van der Waals surface area (Å²) >= 11 is 0. The number of hydrogen-bond acceptors (Lipinski definition) is 4. The highest BCUT2D eigenvalue weighted by Gasteiger charge is 2.36. The van der Waals surface area contributed by atoms with Crippen molar-refractivity contribution in [3.63, 3.8) is 0 Å². The second kappa shape index (κ2) is 8.03. The molecular formula is C19H17F3O4. The lowest BCUT2D eigenvalue weighted by molar-refractivity contribution is -0.139. The number of alkyl halides is 3. The Balaban J connectivity index is 2.50. The molecule has 26 heavy (non-hydrogen) atoms. The molecule has 2 aromatic rings. The monoisotopic (exact) mass is 366 g/mol. The van der Waals surface area contributed by atoms with Crippen LogP contribution in [0.1, 0.15) is 45.7 Å². The minimum absolute atomic E-state index is 0.0252. The van der Waals surface area contributed by atoms with Crippen molar-refractivity contribution in [2.24, 2.45) is 0 Å². The van der Waals surface area contributed by atoms with Crippen molar-refractivity contribution in [2.45, 2.75) is 26.6 Å². The Labute approximate surface area is 148 Å². The highest BCUT2D eigenvalue weighted by molar-refractivity contribution is 6.06. The Morgan fingerprint density at radius 3 is 2.23 bits per heavy atom. The molecule has 0 aliphatic rings. The van der Waals surface area contributed by atoms with Gasteiger partial charge in [-0.1, -0.05) is 30.3 Å². The highest BCUT2D eigenvalue weighted by atomic mass is 19.4. The second-order valence-corrected chi connectivity index (χ2v) is 5.44. The average Bonchev–Trinajstić information content (AvgIpc) is 2.59. The molecule has 2 aromatic carbocycles. The number of Topliss-reactive ketones (excluding diaryl/α,β-unsaturated/α-hetero) is 1. The fourth-order valence-electron chi connectivity index (χ4n) is 2.33. The van der Waals surface area contributed by atoms with Crippen molar-refractivity contribution in [2.75, 3.05) is 6.61 Å². The van der Waals surface area contributed by atoms with Crippen LogP contribution in [-0.2, 0) is 17.5 Å². The zero-order chi connectivity index (χ0) is 19.3. The first-order valence-electron chi connectivity index (χ1n) is 7.84. The van der Waals surface area contributed by atoms with Gasteiger partial charge < -0.3 is 9.47 Å². The summed E-state index contributed by atoms with van der Waals surface area (Å²) < 4.78 is 50.3. The van der Waals surface area contributed by atoms with E-state index in [1.54, 1.807) is 37.3 Å². The topological polar surface area (TPSA) is 52.6 Å². The van der Waals surface area contributed by atoms with Gasteiger partial charge in [-0.15, -0.1) is 0 Å². The van der Waals surface area contributed by atoms with Crippen molar-refractivity contribution < 1.29 is 32.2 Å². The van der Waals surface area contributed by atoms with Crippen LogP contribution in [0.15, 0.2) is 42.5 Å². The molecule has 2 rings (SSSR count). The number of esters is 1. The van der Waals surface area contributed by atoms with Crippen LogP contribution in [0.25, 0.3) is 0 Å². The fourth-order valence-corrected chi connectivity index (χ4v) is 2.33. The molecular weight excluding hydrogens is 349 g/mol. The normalized spacial score (nSPS) is 11.1. The van der Waals surface area contributed by atoms with Gasteiger partial charge in [0.1, 0.15) is 12.4 Å². The Hall–Kier alpha value is -2.83. The molecule has 138 valence electrons. The minimum atomic E-state index is -4.75. The standard InChI is InChI=1S/C19H17F3O4/c1-3-25-18(24)15-10-17(26-11-13-7-5-4-6-8-13)16(19(20,21)22)9-14(15)12(2)23/h4-10H,3,11H2,1-2H3. The van der Waals surface area contributed by atoms with E-state index in [0.717, 1.165) is 13.0 Å². The predicted molar refractivity (Wildman–Crippen MR) is 88.2 cm³/mol. The number of benzene rings is 2. The third-order valence-electron chi connectivity index (χ3n) is 3.54. The number of ether oxygens (including phenoxy) is 2. The van der Waals surface area contributed by atoms with E-state index in [4.69, 9.17) is 9.47 Å². The van der Waals surface area contributed by atoms with Crippen LogP contribution in [0.2, 0.25) is 0 Å². The van der Waals surface area contributed by atoms with Gasteiger partial charge in [0.2, 0.25) is 0 Å². The van der Waals surface area contributed by atoms with Gasteiger partial charge in [0.25, 0.3) is 0 Å². The number of ketones is 1. The van der Waals surface area contributed by atoms with Crippen molar-refractivity contribution in [3.05, 3.63) is 64.7 Å². The minimum Gasteiger partial charge on any atom is -0.488 e. The van der Waals surface area contributed by atoms with Gasteiger partial charge in [0, 0.05) is 5.56 Å². The first-order chi connectivity index (χ1) is 12.2. The molecule has 0 spiro atoms. The molecule has 4 nitrogen and oxygen atoms in total. The third-order valence-corrected chi connectivity index (χ3v) is 3.54. The maximum Gasteiger partial charge on any atom is 0.419 e. The summed E-state index contributed by atoms with van der Waals surface area (Å²) in [5.41, 5.74) is -1.07. The number of rotatable bonds is 6. The number of hydrogen-bond donors (Lipinski definition) is 0. The van der Waals surface area contributed by atoms with Crippen molar-refractivity contribution in [3.8, 4) is 5.75 Å². The molecule has 7 heteroatoms. The lowest BCUT2D eigenvalue weighted by Crippen LogP contribution is -2.16. The summed E-state index contributed by atoms with van der Waals surface area (Å²) in [4.78, 5) is 23.8. The quantitative estimate of drug-likeness (QED) is 0.551. The summed E-state index contributed by atoms with van der Waals surface area (Å²) in [5, 5.41) is 0. The molecule has 0 unspecified atom stereocenters. The van der Waals surface area contributed by atoms with E-state index in [9.17, 15) is 22.8 Å². The SMILES string of the molecule is CCOC(=O)c1cc(OCc2ccccc2)c(C(F)(F)F)cc1C(C)=O. The Morgan fingerprint density at radius 1 is 1.04 bits per heavy atom. The van der Waals surface area contributed by atoms with E-state index >= 15 is 0 Å². The van der Waals surface area contributed by atoms with Crippen LogP contribution in [0.4, 0.5) is 13.2 Å². The third kappa shape index (κ3) is 4.62. The molecule has 0 heterocycles. The number of carbonyl (C=O) groups excluding carboxylic acids is 2. The molecule has 0 aliphatic carbocycles. The van der Waals surface area contributed by atoms with Crippen LogP contribution in [-0.4, -0.2) is 18.4 Å². The molecule has 0 atom stereocenters. The average molecular weight is 366 g/mol. The Kier molecular flexibility index (Phi) is 6.02. The predicted octanol–water partition coefficient (Wildman–Crippen LogP) is 4.66. The molecule has 0 fully saturated rings. The zero-order valence-electron chi connectivity index (χ0n) is 14.2. The van der Waals surface area contributed by atoms with Gasteiger partial charge in [-0.3, -0.25) is 4.79 Å². The van der Waals surface area contributed by atoms with Gasteiger partial charge in [-0.25, -0.2) is 4.79 Å². The first kappa shape index (κ1) is 19.5. The van der Waals surface area contributed by atoms with E-state index in [-0.39, 0.29) is 24.3 Å². The summed E-state index contributed by atoms with van der Waals surface area (Å²) in [6.07, 6.45) is -4.75. The summed E-state index contributed by atoms with van der Waals surface area (Å²) in [6, 6.07) is 10.2. The summed E-state index contributed by atoms with van der Waals surface area (Å²) in [6.45, 7) is 2.55. The maximum atomic E-state index is 13.4. The van der Waals surface area contributed by atoms with Gasteiger partial charge in [0.05, 0.1) is 17.7 Å². The summed E-state index contributed by atoms with van der Waals surface area (Å²) in [7, 11) is 0. The van der Waals surface area contributed by atoms with Crippen LogP contribution in [0, 0.1) is 0 Å². The van der Waals surface area contributed by atoms with Crippen LogP contribution < -0.4 is 4.74 Å². The molecule has 0 amide bonds. The van der Waals surface area contributed by atoms with Crippen LogP contribution in [0.3, 0.4) is 0 Å². The van der Waals surface area contributed by atoms with Gasteiger partial charge in [-0.05, 0) is 31.5 Å². The fraction of sp³-hybridized carbons (Fsp3) is 0.263. The van der Waals surface area contributed by atoms with Crippen molar-refractivity contribution in [1.82, 2.24) is 0 Å². The van der Waals surface area contributed by atoms with Gasteiger partial charge in [-0.2, -0.15) is 13.2 Å². The summed E-state index contributed by atoms with van der Waals surface area (Å²) in [5.74, 6) is -2.08. The van der Waals surface area contributed by atoms with E-state index in [2.05, 4.69) is 0 Å². The van der Waals surface area contributed by atoms with E-state index in [0.29, 0.717) is 11.6 Å². The van der Waals surface area contributed by atoms with Crippen molar-refractivity contribution >= 4 is 11.8 Å². The molecule has 0 radical (unpaired) electrons. The van der Waals surface area contributed by atoms with Gasteiger partial charge in [0.15, 0.2) is 5.78 Å². The number of carbonyl (C=O) groups is 2. The molecule has 0 saturated heterocycles. The van der Waals surface area contributed by atoms with E-state index in [1.165, 1.54) is 0 Å². The smallest absolute Gasteiger partial charge is 0.419 e.